The Hall–Kier alpha value is -3.74. The van der Waals surface area contributed by atoms with Crippen LogP contribution in [0.25, 0.3) is 6.08 Å². The third kappa shape index (κ3) is 3.61. The molecule has 0 spiro atoms. The van der Waals surface area contributed by atoms with E-state index in [4.69, 9.17) is 11.5 Å². The Morgan fingerprint density at radius 2 is 1.40 bits per heavy atom. The fraction of sp³-hybridized carbons (Fsp3) is 0.0833. The molecule has 6 N–H and O–H groups in total. The van der Waals surface area contributed by atoms with Gasteiger partial charge in [-0.15, -0.1) is 0 Å². The molecule has 3 aromatic rings. The first-order valence-corrected chi connectivity index (χ1v) is 9.59. The van der Waals surface area contributed by atoms with Crippen LogP contribution in [0.2, 0.25) is 0 Å². The summed E-state index contributed by atoms with van der Waals surface area (Å²) in [5, 5.41) is 5.80. The third-order valence-electron chi connectivity index (χ3n) is 5.16. The molecule has 0 bridgehead atoms. The summed E-state index contributed by atoms with van der Waals surface area (Å²) in [6.07, 6.45) is 3.59. The van der Waals surface area contributed by atoms with Gasteiger partial charge in [-0.3, -0.25) is 9.59 Å². The molecule has 6 nitrogen and oxygen atoms in total. The predicted octanol–water partition coefficient (Wildman–Crippen LogP) is 2.83. The Labute approximate surface area is 174 Å². The molecule has 30 heavy (non-hydrogen) atoms. The minimum absolute atomic E-state index is 0.274. The average molecular weight is 398 g/mol. The summed E-state index contributed by atoms with van der Waals surface area (Å²) < 4.78 is 0. The number of hydrogen-bond donors (Lipinski definition) is 4. The van der Waals surface area contributed by atoms with Crippen LogP contribution in [0.15, 0.2) is 84.9 Å². The Balaban J connectivity index is 1.72. The van der Waals surface area contributed by atoms with E-state index >= 15 is 0 Å². The summed E-state index contributed by atoms with van der Waals surface area (Å²) in [4.78, 5) is 25.6. The summed E-state index contributed by atoms with van der Waals surface area (Å²) in [6, 6.07) is 22.4. The molecule has 1 aliphatic rings. The van der Waals surface area contributed by atoms with E-state index in [0.717, 1.165) is 5.56 Å². The van der Waals surface area contributed by atoms with E-state index in [1.807, 2.05) is 30.3 Å². The fourth-order valence-corrected chi connectivity index (χ4v) is 3.58. The van der Waals surface area contributed by atoms with Gasteiger partial charge in [-0.05, 0) is 35.9 Å². The van der Waals surface area contributed by atoms with Gasteiger partial charge in [0.2, 0.25) is 0 Å². The van der Waals surface area contributed by atoms with Crippen LogP contribution in [0.3, 0.4) is 0 Å². The van der Waals surface area contributed by atoms with Crippen molar-refractivity contribution in [1.29, 1.82) is 0 Å². The first-order valence-electron chi connectivity index (χ1n) is 9.59. The van der Waals surface area contributed by atoms with Crippen molar-refractivity contribution in [1.82, 2.24) is 5.32 Å². The van der Waals surface area contributed by atoms with Gasteiger partial charge in [0.1, 0.15) is 5.66 Å². The zero-order valence-corrected chi connectivity index (χ0v) is 16.2. The molecule has 2 atom stereocenters. The van der Waals surface area contributed by atoms with Gasteiger partial charge in [-0.2, -0.15) is 0 Å². The van der Waals surface area contributed by atoms with Crippen molar-refractivity contribution >= 4 is 23.6 Å². The van der Waals surface area contributed by atoms with E-state index in [9.17, 15) is 9.59 Å². The van der Waals surface area contributed by atoms with Crippen molar-refractivity contribution in [2.75, 3.05) is 5.32 Å². The molecule has 6 heteroatoms. The first-order chi connectivity index (χ1) is 14.5. The van der Waals surface area contributed by atoms with E-state index in [2.05, 4.69) is 10.6 Å². The van der Waals surface area contributed by atoms with E-state index in [1.165, 1.54) is 0 Å². The largest absolute Gasteiger partial charge is 0.328 e. The monoisotopic (exact) mass is 398 g/mol. The van der Waals surface area contributed by atoms with Crippen LogP contribution in [0.4, 0.5) is 5.69 Å². The highest BCUT2D eigenvalue weighted by Crippen LogP contribution is 2.35. The summed E-state index contributed by atoms with van der Waals surface area (Å²) in [5.41, 5.74) is 14.5. The number of nitrogens with two attached hydrogens (primary N) is 2. The lowest BCUT2D eigenvalue weighted by Gasteiger charge is -2.39. The number of carbonyl (C=O) groups excluding carboxylic acids is 2. The molecule has 0 heterocycles. The highest BCUT2D eigenvalue weighted by molar-refractivity contribution is 6.05. The normalized spacial score (nSPS) is 19.6. The standard InChI is InChI=1S/C24H22N4O2/c25-20-15-14-16-12-7-13-19(27-22(29)17-8-3-1-4-9-17)21(16)24(20,26)28-23(30)18-10-5-2-6-11-18/h1-15,20H,25-26H2,(H,27,29)(H,28,30). The molecule has 0 aliphatic heterocycles. The Kier molecular flexibility index (Phi) is 5.18. The number of amides is 2. The zero-order valence-electron chi connectivity index (χ0n) is 16.2. The quantitative estimate of drug-likeness (QED) is 0.507. The average Bonchev–Trinajstić information content (AvgIpc) is 2.77. The Bertz CT molecular complexity index is 1110. The van der Waals surface area contributed by atoms with E-state index in [0.29, 0.717) is 22.4 Å². The summed E-state index contributed by atoms with van der Waals surface area (Å²) in [5.74, 6) is -0.622. The predicted molar refractivity (Wildman–Crippen MR) is 118 cm³/mol. The number of rotatable bonds is 4. The van der Waals surface area contributed by atoms with Crippen molar-refractivity contribution in [2.24, 2.45) is 11.5 Å². The number of anilines is 1. The van der Waals surface area contributed by atoms with Crippen molar-refractivity contribution in [3.8, 4) is 0 Å². The molecule has 3 aromatic carbocycles. The van der Waals surface area contributed by atoms with E-state index < -0.39 is 11.7 Å². The molecule has 150 valence electrons. The van der Waals surface area contributed by atoms with E-state index in [-0.39, 0.29) is 11.8 Å². The van der Waals surface area contributed by atoms with Gasteiger partial charge in [-0.1, -0.05) is 60.7 Å². The minimum Gasteiger partial charge on any atom is -0.328 e. The summed E-state index contributed by atoms with van der Waals surface area (Å²) >= 11 is 0. The molecule has 0 saturated heterocycles. The molecule has 2 unspecified atom stereocenters. The molecule has 1 aliphatic carbocycles. The van der Waals surface area contributed by atoms with Gasteiger partial charge in [0.25, 0.3) is 11.8 Å². The van der Waals surface area contributed by atoms with Crippen molar-refractivity contribution in [3.63, 3.8) is 0 Å². The first kappa shape index (κ1) is 19.6. The van der Waals surface area contributed by atoms with Crippen LogP contribution < -0.4 is 22.1 Å². The highest BCUT2D eigenvalue weighted by Gasteiger charge is 2.41. The SMILES string of the molecule is NC1C=Cc2cccc(NC(=O)c3ccccc3)c2C1(N)NC(=O)c1ccccc1. The lowest BCUT2D eigenvalue weighted by Crippen LogP contribution is -2.64. The molecule has 4 rings (SSSR count). The van der Waals surface area contributed by atoms with E-state index in [1.54, 1.807) is 60.7 Å². The van der Waals surface area contributed by atoms with Crippen LogP contribution in [0.5, 0.6) is 0 Å². The maximum Gasteiger partial charge on any atom is 0.255 e. The number of fused-ring (bicyclic) bond motifs is 1. The maximum atomic E-state index is 12.9. The van der Waals surface area contributed by atoms with Crippen molar-refractivity contribution in [3.05, 3.63) is 107 Å². The Morgan fingerprint density at radius 1 is 0.800 bits per heavy atom. The van der Waals surface area contributed by atoms with Crippen LogP contribution in [0, 0.1) is 0 Å². The minimum atomic E-state index is -1.41. The van der Waals surface area contributed by atoms with Gasteiger partial charge in [-0.25, -0.2) is 0 Å². The zero-order chi connectivity index (χ0) is 21.1. The molecule has 0 radical (unpaired) electrons. The van der Waals surface area contributed by atoms with Gasteiger partial charge in [0, 0.05) is 22.4 Å². The molecule has 0 saturated carbocycles. The fourth-order valence-electron chi connectivity index (χ4n) is 3.58. The molecule has 2 amide bonds. The molecular weight excluding hydrogens is 376 g/mol. The summed E-state index contributed by atoms with van der Waals surface area (Å²) in [6.45, 7) is 0. The third-order valence-corrected chi connectivity index (χ3v) is 5.16. The van der Waals surface area contributed by atoms with Crippen LogP contribution in [-0.4, -0.2) is 17.9 Å². The number of carbonyl (C=O) groups is 2. The van der Waals surface area contributed by atoms with Crippen LogP contribution >= 0.6 is 0 Å². The van der Waals surface area contributed by atoms with Gasteiger partial charge in [0.05, 0.1) is 6.04 Å². The van der Waals surface area contributed by atoms with Gasteiger partial charge in [0.15, 0.2) is 0 Å². The topological polar surface area (TPSA) is 110 Å². The number of hydrogen-bond acceptors (Lipinski definition) is 4. The molecular formula is C24H22N4O2. The number of benzene rings is 3. The lowest BCUT2D eigenvalue weighted by molar-refractivity contribution is 0.0890. The molecule has 0 fully saturated rings. The second-order valence-corrected chi connectivity index (χ2v) is 7.16. The smallest absolute Gasteiger partial charge is 0.255 e. The van der Waals surface area contributed by atoms with Gasteiger partial charge >= 0.3 is 0 Å². The van der Waals surface area contributed by atoms with Crippen molar-refractivity contribution in [2.45, 2.75) is 11.7 Å². The second kappa shape index (κ2) is 7.94. The maximum absolute atomic E-state index is 12.9. The van der Waals surface area contributed by atoms with Gasteiger partial charge < -0.3 is 22.1 Å². The number of nitrogens with one attached hydrogen (secondary N) is 2. The molecule has 0 aromatic heterocycles. The highest BCUT2D eigenvalue weighted by atomic mass is 16.2. The van der Waals surface area contributed by atoms with Crippen molar-refractivity contribution < 1.29 is 9.59 Å². The summed E-state index contributed by atoms with van der Waals surface area (Å²) in [7, 11) is 0. The second-order valence-electron chi connectivity index (χ2n) is 7.16. The van der Waals surface area contributed by atoms with Crippen LogP contribution in [0.1, 0.15) is 31.8 Å². The van der Waals surface area contributed by atoms with Crippen LogP contribution in [-0.2, 0) is 5.66 Å². The lowest BCUT2D eigenvalue weighted by atomic mass is 9.82. The Morgan fingerprint density at radius 3 is 2.03 bits per heavy atom.